The molecule has 8 nitrogen and oxygen atoms in total. The second-order valence-electron chi connectivity index (χ2n) is 7.25. The molecule has 148 valence electrons. The summed E-state index contributed by atoms with van der Waals surface area (Å²) in [5.74, 6) is 2.01. The summed E-state index contributed by atoms with van der Waals surface area (Å²) in [6, 6.07) is 7.68. The van der Waals surface area contributed by atoms with Gasteiger partial charge in [-0.15, -0.1) is 0 Å². The molecule has 4 rings (SSSR count). The van der Waals surface area contributed by atoms with Gasteiger partial charge in [0.25, 0.3) is 0 Å². The van der Waals surface area contributed by atoms with Gasteiger partial charge in [0.2, 0.25) is 11.8 Å². The van der Waals surface area contributed by atoms with Crippen molar-refractivity contribution in [1.29, 1.82) is 0 Å². The number of carbonyl (C=O) groups excluding carboxylic acids is 2. The van der Waals surface area contributed by atoms with E-state index in [1.165, 1.54) is 5.56 Å². The number of anilines is 1. The fourth-order valence-electron chi connectivity index (χ4n) is 3.60. The summed E-state index contributed by atoms with van der Waals surface area (Å²) in [6.45, 7) is 5.38. The molecule has 2 aromatic rings. The van der Waals surface area contributed by atoms with Crippen molar-refractivity contribution in [3.63, 3.8) is 0 Å². The van der Waals surface area contributed by atoms with Gasteiger partial charge in [0.15, 0.2) is 5.82 Å². The predicted molar refractivity (Wildman–Crippen MR) is 102 cm³/mol. The molecule has 2 aliphatic rings. The van der Waals surface area contributed by atoms with E-state index in [9.17, 15) is 9.59 Å². The molecule has 0 atom stereocenters. The van der Waals surface area contributed by atoms with Crippen LogP contribution in [-0.4, -0.2) is 66.1 Å². The average Bonchev–Trinajstić information content (AvgIpc) is 3.30. The first-order valence-electron chi connectivity index (χ1n) is 9.55. The molecule has 28 heavy (non-hydrogen) atoms. The van der Waals surface area contributed by atoms with Crippen LogP contribution in [-0.2, 0) is 22.4 Å². The molecule has 0 radical (unpaired) electrons. The van der Waals surface area contributed by atoms with Crippen LogP contribution in [0.2, 0.25) is 0 Å². The Kier molecular flexibility index (Phi) is 5.29. The van der Waals surface area contributed by atoms with E-state index in [-0.39, 0.29) is 18.4 Å². The lowest BCUT2D eigenvalue weighted by atomic mass is 10.1. The Balaban J connectivity index is 1.23. The van der Waals surface area contributed by atoms with E-state index in [2.05, 4.69) is 16.5 Å². The third-order valence-electron chi connectivity index (χ3n) is 5.10. The molecule has 3 heterocycles. The number of rotatable bonds is 5. The summed E-state index contributed by atoms with van der Waals surface area (Å²) >= 11 is 0. The Bertz CT molecular complexity index is 871. The summed E-state index contributed by atoms with van der Waals surface area (Å²) < 4.78 is 10.5. The lowest BCUT2D eigenvalue weighted by Crippen LogP contribution is -2.50. The Hall–Kier alpha value is -2.87. The number of nitrogens with zero attached hydrogens (tertiary/aromatic N) is 3. The van der Waals surface area contributed by atoms with Gasteiger partial charge in [0, 0.05) is 38.7 Å². The molecule has 0 aliphatic carbocycles. The lowest BCUT2D eigenvalue weighted by molar-refractivity contribution is -0.132. The van der Waals surface area contributed by atoms with E-state index in [0.29, 0.717) is 44.2 Å². The first kappa shape index (κ1) is 18.5. The highest BCUT2D eigenvalue weighted by atomic mass is 16.5. The molecule has 1 saturated heterocycles. The maximum absolute atomic E-state index is 12.6. The summed E-state index contributed by atoms with van der Waals surface area (Å²) in [7, 11) is 0. The Morgan fingerprint density at radius 2 is 2.00 bits per heavy atom. The number of piperazine rings is 1. The highest BCUT2D eigenvalue weighted by molar-refractivity contribution is 5.91. The lowest BCUT2D eigenvalue weighted by Gasteiger charge is -2.34. The van der Waals surface area contributed by atoms with Crippen molar-refractivity contribution < 1.29 is 18.8 Å². The van der Waals surface area contributed by atoms with Crippen LogP contribution in [0.25, 0.3) is 0 Å². The quantitative estimate of drug-likeness (QED) is 0.835. The standard InChI is InChI=1S/C20H24N4O4/c1-14-10-18(22-28-14)21-19(25)13-23-5-7-24(8-6-23)20(26)12-15-2-3-17-16(11-15)4-9-27-17/h2-3,10-11H,4-9,12-13H2,1H3,(H,21,22,25). The summed E-state index contributed by atoms with van der Waals surface area (Å²) in [6.07, 6.45) is 1.31. The minimum Gasteiger partial charge on any atom is -0.493 e. The summed E-state index contributed by atoms with van der Waals surface area (Å²) in [5, 5.41) is 6.48. The van der Waals surface area contributed by atoms with Crippen molar-refractivity contribution in [3.05, 3.63) is 41.2 Å². The number of nitrogens with one attached hydrogen (secondary N) is 1. The van der Waals surface area contributed by atoms with E-state index in [0.717, 1.165) is 24.3 Å². The van der Waals surface area contributed by atoms with Crippen molar-refractivity contribution in [1.82, 2.24) is 15.0 Å². The molecular formula is C20H24N4O4. The van der Waals surface area contributed by atoms with Gasteiger partial charge in [-0.05, 0) is 24.1 Å². The van der Waals surface area contributed by atoms with Crippen LogP contribution in [0.3, 0.4) is 0 Å². The van der Waals surface area contributed by atoms with E-state index in [1.54, 1.807) is 13.0 Å². The molecule has 0 spiro atoms. The minimum absolute atomic E-state index is 0.126. The number of fused-ring (bicyclic) bond motifs is 1. The van der Waals surface area contributed by atoms with Crippen LogP contribution in [0, 0.1) is 6.92 Å². The summed E-state index contributed by atoms with van der Waals surface area (Å²) in [4.78, 5) is 28.6. The molecule has 0 bridgehead atoms. The van der Waals surface area contributed by atoms with Gasteiger partial charge in [-0.2, -0.15) is 0 Å². The zero-order chi connectivity index (χ0) is 19.5. The average molecular weight is 384 g/mol. The molecule has 1 aromatic heterocycles. The van der Waals surface area contributed by atoms with Crippen LogP contribution < -0.4 is 10.1 Å². The van der Waals surface area contributed by atoms with Crippen molar-refractivity contribution >= 4 is 17.6 Å². The maximum atomic E-state index is 12.6. The molecule has 2 amide bonds. The van der Waals surface area contributed by atoms with Crippen LogP contribution in [0.5, 0.6) is 5.75 Å². The van der Waals surface area contributed by atoms with Crippen LogP contribution >= 0.6 is 0 Å². The largest absolute Gasteiger partial charge is 0.493 e. The second kappa shape index (κ2) is 8.02. The first-order valence-corrected chi connectivity index (χ1v) is 9.55. The van der Waals surface area contributed by atoms with Gasteiger partial charge in [0.1, 0.15) is 11.5 Å². The first-order chi connectivity index (χ1) is 13.6. The zero-order valence-electron chi connectivity index (χ0n) is 15.9. The van der Waals surface area contributed by atoms with Gasteiger partial charge in [-0.1, -0.05) is 17.3 Å². The number of aromatic nitrogens is 1. The Labute approximate surface area is 163 Å². The molecular weight excluding hydrogens is 360 g/mol. The highest BCUT2D eigenvalue weighted by Crippen LogP contribution is 2.26. The zero-order valence-corrected chi connectivity index (χ0v) is 15.9. The van der Waals surface area contributed by atoms with Crippen molar-refractivity contribution in [2.45, 2.75) is 19.8 Å². The van der Waals surface area contributed by atoms with Gasteiger partial charge < -0.3 is 19.5 Å². The molecule has 0 unspecified atom stereocenters. The number of carbonyl (C=O) groups is 2. The normalized spacial score (nSPS) is 16.5. The van der Waals surface area contributed by atoms with Gasteiger partial charge >= 0.3 is 0 Å². The molecule has 1 N–H and O–H groups in total. The van der Waals surface area contributed by atoms with Gasteiger partial charge in [-0.3, -0.25) is 14.5 Å². The van der Waals surface area contributed by atoms with Crippen molar-refractivity contribution in [2.24, 2.45) is 0 Å². The number of amides is 2. The molecule has 1 fully saturated rings. The van der Waals surface area contributed by atoms with Crippen LogP contribution in [0.4, 0.5) is 5.82 Å². The topological polar surface area (TPSA) is 87.9 Å². The van der Waals surface area contributed by atoms with Gasteiger partial charge in [-0.25, -0.2) is 0 Å². The summed E-state index contributed by atoms with van der Waals surface area (Å²) in [5.41, 5.74) is 2.21. The molecule has 0 saturated carbocycles. The Morgan fingerprint density at radius 3 is 2.75 bits per heavy atom. The molecule has 2 aliphatic heterocycles. The SMILES string of the molecule is Cc1cc(NC(=O)CN2CCN(C(=O)Cc3ccc4c(c3)CCO4)CC2)no1. The number of ether oxygens (including phenoxy) is 1. The van der Waals surface area contributed by atoms with E-state index >= 15 is 0 Å². The number of aryl methyl sites for hydroxylation is 1. The van der Waals surface area contributed by atoms with Crippen molar-refractivity contribution in [2.75, 3.05) is 44.6 Å². The van der Waals surface area contributed by atoms with Gasteiger partial charge in [0.05, 0.1) is 19.6 Å². The maximum Gasteiger partial charge on any atom is 0.239 e. The predicted octanol–water partition coefficient (Wildman–Crippen LogP) is 1.24. The highest BCUT2D eigenvalue weighted by Gasteiger charge is 2.23. The minimum atomic E-state index is -0.131. The van der Waals surface area contributed by atoms with E-state index in [4.69, 9.17) is 9.26 Å². The molecule has 1 aromatic carbocycles. The fourth-order valence-corrected chi connectivity index (χ4v) is 3.60. The molecule has 8 heteroatoms. The second-order valence-corrected chi connectivity index (χ2v) is 7.25. The Morgan fingerprint density at radius 1 is 1.18 bits per heavy atom. The van der Waals surface area contributed by atoms with E-state index < -0.39 is 0 Å². The third-order valence-corrected chi connectivity index (χ3v) is 5.10. The van der Waals surface area contributed by atoms with Crippen LogP contribution in [0.15, 0.2) is 28.8 Å². The number of hydrogen-bond donors (Lipinski definition) is 1. The fraction of sp³-hybridized carbons (Fsp3) is 0.450. The number of hydrogen-bond acceptors (Lipinski definition) is 6. The van der Waals surface area contributed by atoms with Crippen molar-refractivity contribution in [3.8, 4) is 5.75 Å². The smallest absolute Gasteiger partial charge is 0.239 e. The number of benzene rings is 1. The van der Waals surface area contributed by atoms with E-state index in [1.807, 2.05) is 21.9 Å². The van der Waals surface area contributed by atoms with Crippen LogP contribution in [0.1, 0.15) is 16.9 Å². The monoisotopic (exact) mass is 384 g/mol. The third kappa shape index (κ3) is 4.33.